The summed E-state index contributed by atoms with van der Waals surface area (Å²) in [4.78, 5) is -0.00709. The molecule has 2 aromatic rings. The molecule has 0 atom stereocenters. The van der Waals surface area contributed by atoms with Gasteiger partial charge in [-0.3, -0.25) is 4.72 Å². The molecule has 112 valence electrons. The highest BCUT2D eigenvalue weighted by Gasteiger charge is 2.19. The van der Waals surface area contributed by atoms with Crippen molar-refractivity contribution < 1.29 is 17.9 Å². The van der Waals surface area contributed by atoms with Crippen LogP contribution in [0, 0.1) is 12.7 Å². The molecule has 0 bridgehead atoms. The monoisotopic (exact) mass is 373 g/mol. The van der Waals surface area contributed by atoms with Crippen LogP contribution in [0.15, 0.2) is 45.8 Å². The average molecular weight is 374 g/mol. The van der Waals surface area contributed by atoms with Gasteiger partial charge in [-0.05, 0) is 52.2 Å². The molecule has 0 aliphatic carbocycles. The molecule has 0 spiro atoms. The van der Waals surface area contributed by atoms with Crippen LogP contribution < -0.4 is 4.72 Å². The summed E-state index contributed by atoms with van der Waals surface area (Å²) in [5.41, 5.74) is 1.03. The topological polar surface area (TPSA) is 66.4 Å². The summed E-state index contributed by atoms with van der Waals surface area (Å²) in [6.07, 6.45) is 0. The third kappa shape index (κ3) is 3.42. The summed E-state index contributed by atoms with van der Waals surface area (Å²) < 4.78 is 40.8. The fourth-order valence-corrected chi connectivity index (χ4v) is 3.55. The van der Waals surface area contributed by atoms with Crippen LogP contribution in [-0.2, 0) is 16.6 Å². The molecule has 0 saturated carbocycles. The minimum atomic E-state index is -3.86. The highest BCUT2D eigenvalue weighted by molar-refractivity contribution is 9.10. The van der Waals surface area contributed by atoms with Crippen LogP contribution >= 0.6 is 15.9 Å². The molecule has 2 rings (SSSR count). The minimum absolute atomic E-state index is 0.00709. The molecule has 21 heavy (non-hydrogen) atoms. The number of benzene rings is 2. The molecule has 7 heteroatoms. The van der Waals surface area contributed by atoms with Crippen molar-refractivity contribution in [2.24, 2.45) is 0 Å². The molecule has 0 aliphatic rings. The minimum Gasteiger partial charge on any atom is -0.392 e. The lowest BCUT2D eigenvalue weighted by Gasteiger charge is -2.13. The molecule has 4 nitrogen and oxygen atoms in total. The summed E-state index contributed by atoms with van der Waals surface area (Å²) >= 11 is 3.02. The maximum atomic E-state index is 13.4. The summed E-state index contributed by atoms with van der Waals surface area (Å²) in [5, 5.41) is 9.23. The van der Waals surface area contributed by atoms with Crippen LogP contribution in [0.5, 0.6) is 0 Å². The van der Waals surface area contributed by atoms with Gasteiger partial charge < -0.3 is 5.11 Å². The van der Waals surface area contributed by atoms with E-state index in [4.69, 9.17) is 0 Å². The number of hydrogen-bond acceptors (Lipinski definition) is 3. The van der Waals surface area contributed by atoms with Gasteiger partial charge in [0.15, 0.2) is 0 Å². The maximum absolute atomic E-state index is 13.4. The fraction of sp³-hybridized carbons (Fsp3) is 0.143. The van der Waals surface area contributed by atoms with E-state index in [0.717, 1.165) is 0 Å². The van der Waals surface area contributed by atoms with Crippen molar-refractivity contribution in [1.82, 2.24) is 0 Å². The van der Waals surface area contributed by atoms with Crippen LogP contribution in [0.25, 0.3) is 0 Å². The Morgan fingerprint density at radius 3 is 2.62 bits per heavy atom. The van der Waals surface area contributed by atoms with E-state index in [2.05, 4.69) is 20.7 Å². The number of sulfonamides is 1. The van der Waals surface area contributed by atoms with Crippen LogP contribution in [0.2, 0.25) is 0 Å². The Hall–Kier alpha value is -1.44. The number of nitrogens with one attached hydrogen (secondary N) is 1. The van der Waals surface area contributed by atoms with Gasteiger partial charge in [0.2, 0.25) is 0 Å². The Bertz CT molecular complexity index is 778. The summed E-state index contributed by atoms with van der Waals surface area (Å²) in [5.74, 6) is -0.466. The van der Waals surface area contributed by atoms with E-state index in [1.54, 1.807) is 19.1 Å². The van der Waals surface area contributed by atoms with Gasteiger partial charge in [-0.25, -0.2) is 12.8 Å². The fourth-order valence-electron chi connectivity index (χ4n) is 1.85. The third-order valence-corrected chi connectivity index (χ3v) is 5.02. The van der Waals surface area contributed by atoms with Gasteiger partial charge >= 0.3 is 0 Å². The standard InChI is InChI=1S/C14H13BrFNO3S/c1-9-6-12(16)11(15)7-13(9)17-21(19,20)14-5-3-2-4-10(14)8-18/h2-7,17-18H,8H2,1H3. The smallest absolute Gasteiger partial charge is 0.262 e. The largest absolute Gasteiger partial charge is 0.392 e. The molecule has 0 aliphatic heterocycles. The number of hydrogen-bond donors (Lipinski definition) is 2. The molecule has 2 aromatic carbocycles. The molecule has 0 fully saturated rings. The van der Waals surface area contributed by atoms with Gasteiger partial charge in [0.05, 0.1) is 21.7 Å². The molecule has 0 amide bonds. The number of anilines is 1. The van der Waals surface area contributed by atoms with Gasteiger partial charge in [-0.15, -0.1) is 0 Å². The van der Waals surface area contributed by atoms with Crippen molar-refractivity contribution in [2.45, 2.75) is 18.4 Å². The second kappa shape index (κ2) is 6.13. The Morgan fingerprint density at radius 1 is 1.29 bits per heavy atom. The highest BCUT2D eigenvalue weighted by Crippen LogP contribution is 2.27. The second-order valence-electron chi connectivity index (χ2n) is 4.45. The zero-order chi connectivity index (χ0) is 15.6. The van der Waals surface area contributed by atoms with Crippen LogP contribution in [0.3, 0.4) is 0 Å². The first-order valence-corrected chi connectivity index (χ1v) is 8.30. The normalized spacial score (nSPS) is 11.4. The van der Waals surface area contributed by atoms with E-state index in [1.807, 2.05) is 0 Å². The quantitative estimate of drug-likeness (QED) is 0.864. The van der Waals surface area contributed by atoms with Crippen LogP contribution in [0.4, 0.5) is 10.1 Å². The number of halogens is 2. The first kappa shape index (κ1) is 15.9. The predicted molar refractivity (Wildman–Crippen MR) is 82.0 cm³/mol. The first-order valence-electron chi connectivity index (χ1n) is 6.02. The molecule has 0 saturated heterocycles. The molecule has 0 unspecified atom stereocenters. The van der Waals surface area contributed by atoms with Crippen molar-refractivity contribution in [2.75, 3.05) is 4.72 Å². The van der Waals surface area contributed by atoms with Crippen molar-refractivity contribution in [3.63, 3.8) is 0 Å². The van der Waals surface area contributed by atoms with Gasteiger partial charge in [-0.2, -0.15) is 0 Å². The Labute approximate surface area is 130 Å². The van der Waals surface area contributed by atoms with E-state index in [0.29, 0.717) is 11.1 Å². The first-order chi connectivity index (χ1) is 9.85. The van der Waals surface area contributed by atoms with Gasteiger partial charge in [0.25, 0.3) is 10.0 Å². The van der Waals surface area contributed by atoms with Crippen molar-refractivity contribution in [3.05, 3.63) is 57.8 Å². The maximum Gasteiger partial charge on any atom is 0.262 e. The van der Waals surface area contributed by atoms with Crippen molar-refractivity contribution >= 4 is 31.6 Å². The van der Waals surface area contributed by atoms with Gasteiger partial charge in [-0.1, -0.05) is 18.2 Å². The van der Waals surface area contributed by atoms with Crippen LogP contribution in [0.1, 0.15) is 11.1 Å². The lowest BCUT2D eigenvalue weighted by atomic mass is 10.2. The summed E-state index contributed by atoms with van der Waals surface area (Å²) in [6, 6.07) is 8.75. The third-order valence-electron chi connectivity index (χ3n) is 2.94. The molecular formula is C14H13BrFNO3S. The molecule has 0 heterocycles. The van der Waals surface area contributed by atoms with E-state index < -0.39 is 15.8 Å². The predicted octanol–water partition coefficient (Wildman–Crippen LogP) is 3.19. The number of aliphatic hydroxyl groups is 1. The number of rotatable bonds is 4. The lowest BCUT2D eigenvalue weighted by molar-refractivity contribution is 0.278. The molecular weight excluding hydrogens is 361 g/mol. The Kier molecular flexibility index (Phi) is 4.65. The van der Waals surface area contributed by atoms with E-state index in [1.165, 1.54) is 24.3 Å². The highest BCUT2D eigenvalue weighted by atomic mass is 79.9. The zero-order valence-corrected chi connectivity index (χ0v) is 13.5. The Balaban J connectivity index is 2.45. The van der Waals surface area contributed by atoms with Crippen molar-refractivity contribution in [3.8, 4) is 0 Å². The number of aliphatic hydroxyl groups excluding tert-OH is 1. The van der Waals surface area contributed by atoms with Crippen molar-refractivity contribution in [1.29, 1.82) is 0 Å². The van der Waals surface area contributed by atoms with Gasteiger partial charge in [0, 0.05) is 0 Å². The lowest BCUT2D eigenvalue weighted by Crippen LogP contribution is -2.16. The van der Waals surface area contributed by atoms with E-state index >= 15 is 0 Å². The molecule has 2 N–H and O–H groups in total. The van der Waals surface area contributed by atoms with E-state index in [-0.39, 0.29) is 21.7 Å². The zero-order valence-electron chi connectivity index (χ0n) is 11.1. The summed E-state index contributed by atoms with van der Waals surface area (Å²) in [6.45, 7) is 1.22. The van der Waals surface area contributed by atoms with E-state index in [9.17, 15) is 17.9 Å². The SMILES string of the molecule is Cc1cc(F)c(Br)cc1NS(=O)(=O)c1ccccc1CO. The number of aryl methyl sites for hydroxylation is 1. The van der Waals surface area contributed by atoms with Gasteiger partial charge in [0.1, 0.15) is 5.82 Å². The Morgan fingerprint density at radius 2 is 1.95 bits per heavy atom. The molecule has 0 radical (unpaired) electrons. The second-order valence-corrected chi connectivity index (χ2v) is 6.96. The molecule has 0 aromatic heterocycles. The summed E-state index contributed by atoms with van der Waals surface area (Å²) in [7, 11) is -3.86. The van der Waals surface area contributed by atoms with Crippen LogP contribution in [-0.4, -0.2) is 13.5 Å². The average Bonchev–Trinajstić information content (AvgIpc) is 2.44.